The van der Waals surface area contributed by atoms with Crippen LogP contribution in [0, 0.1) is 0 Å². The van der Waals surface area contributed by atoms with Crippen LogP contribution in [0.3, 0.4) is 0 Å². The highest BCUT2D eigenvalue weighted by molar-refractivity contribution is 6.30. The minimum absolute atomic E-state index is 0.0743. The first-order valence-electron chi connectivity index (χ1n) is 9.02. The quantitative estimate of drug-likeness (QED) is 0.798. The van der Waals surface area contributed by atoms with Crippen LogP contribution in [-0.4, -0.2) is 28.7 Å². The van der Waals surface area contributed by atoms with Gasteiger partial charge in [-0.1, -0.05) is 37.8 Å². The van der Waals surface area contributed by atoms with E-state index in [1.165, 1.54) is 0 Å². The zero-order valence-electron chi connectivity index (χ0n) is 13.7. The van der Waals surface area contributed by atoms with Gasteiger partial charge in [-0.3, -0.25) is 19.5 Å². The number of rotatable bonds is 0. The molecule has 5 heteroatoms. The van der Waals surface area contributed by atoms with E-state index in [4.69, 9.17) is 4.99 Å². The van der Waals surface area contributed by atoms with Gasteiger partial charge < -0.3 is 5.32 Å². The molecule has 1 aromatic rings. The van der Waals surface area contributed by atoms with Gasteiger partial charge in [-0.05, 0) is 37.8 Å². The summed E-state index contributed by atoms with van der Waals surface area (Å²) in [6.45, 7) is 0. The molecule has 24 heavy (non-hydrogen) atoms. The van der Waals surface area contributed by atoms with Gasteiger partial charge in [0.15, 0.2) is 0 Å². The summed E-state index contributed by atoms with van der Waals surface area (Å²) in [5.41, 5.74) is 0.224. The van der Waals surface area contributed by atoms with Crippen molar-refractivity contribution in [1.29, 1.82) is 0 Å². The fourth-order valence-electron chi connectivity index (χ4n) is 4.96. The van der Waals surface area contributed by atoms with Crippen LogP contribution in [0.15, 0.2) is 29.3 Å². The molecule has 2 fully saturated rings. The van der Waals surface area contributed by atoms with E-state index in [2.05, 4.69) is 5.32 Å². The van der Waals surface area contributed by atoms with Crippen LogP contribution in [0.5, 0.6) is 0 Å². The number of fused-ring (bicyclic) bond motifs is 4. The highest BCUT2D eigenvalue weighted by Gasteiger charge is 2.57. The molecule has 0 aromatic heterocycles. The van der Waals surface area contributed by atoms with Gasteiger partial charge in [-0.15, -0.1) is 0 Å². The van der Waals surface area contributed by atoms with Crippen molar-refractivity contribution >= 4 is 23.3 Å². The molecular formula is C19H21N3O2. The first kappa shape index (κ1) is 14.2. The van der Waals surface area contributed by atoms with Gasteiger partial charge in [0.25, 0.3) is 11.8 Å². The maximum absolute atomic E-state index is 13.4. The normalized spacial score (nSPS) is 26.3. The second-order valence-corrected chi connectivity index (χ2v) is 7.58. The number of hydrogen-bond acceptors (Lipinski definition) is 3. The Morgan fingerprint density at radius 3 is 2.38 bits per heavy atom. The van der Waals surface area contributed by atoms with E-state index in [9.17, 15) is 9.59 Å². The van der Waals surface area contributed by atoms with Gasteiger partial charge in [-0.2, -0.15) is 0 Å². The predicted molar refractivity (Wildman–Crippen MR) is 91.2 cm³/mol. The number of aliphatic imine (C=N–C) groups is 1. The van der Waals surface area contributed by atoms with E-state index < -0.39 is 11.1 Å². The Hall–Kier alpha value is -2.17. The Kier molecular flexibility index (Phi) is 2.77. The molecule has 2 saturated carbocycles. The smallest absolute Gasteiger partial charge is 0.260 e. The first-order chi connectivity index (χ1) is 11.7. The number of para-hydroxylation sites is 1. The highest BCUT2D eigenvalue weighted by atomic mass is 16.2. The van der Waals surface area contributed by atoms with Crippen molar-refractivity contribution in [3.8, 4) is 0 Å². The van der Waals surface area contributed by atoms with Crippen LogP contribution in [0.2, 0.25) is 0 Å². The lowest BCUT2D eigenvalue weighted by molar-refractivity contribution is -0.121. The fourth-order valence-corrected chi connectivity index (χ4v) is 4.96. The summed E-state index contributed by atoms with van der Waals surface area (Å²) >= 11 is 0. The van der Waals surface area contributed by atoms with E-state index >= 15 is 0 Å². The first-order valence-corrected chi connectivity index (χ1v) is 9.02. The summed E-state index contributed by atoms with van der Waals surface area (Å²) in [6, 6.07) is 7.44. The van der Waals surface area contributed by atoms with E-state index in [0.717, 1.165) is 57.2 Å². The Bertz CT molecular complexity index is 771. The molecule has 0 bridgehead atoms. The van der Waals surface area contributed by atoms with E-state index in [1.54, 1.807) is 4.90 Å². The minimum atomic E-state index is -0.583. The number of amidine groups is 1. The molecule has 5 nitrogen and oxygen atoms in total. The molecule has 5 rings (SSSR count). The molecule has 1 N–H and O–H groups in total. The summed E-state index contributed by atoms with van der Waals surface area (Å²) in [7, 11) is 0. The highest BCUT2D eigenvalue weighted by Crippen LogP contribution is 2.46. The van der Waals surface area contributed by atoms with Gasteiger partial charge in [0.2, 0.25) is 0 Å². The van der Waals surface area contributed by atoms with E-state index in [0.29, 0.717) is 11.3 Å². The third-order valence-corrected chi connectivity index (χ3v) is 6.19. The van der Waals surface area contributed by atoms with Crippen LogP contribution in [0.4, 0.5) is 5.69 Å². The fraction of sp³-hybridized carbons (Fsp3) is 0.526. The lowest BCUT2D eigenvalue weighted by atomic mass is 9.95. The number of hydrogen-bond donors (Lipinski definition) is 1. The van der Waals surface area contributed by atoms with Gasteiger partial charge >= 0.3 is 0 Å². The van der Waals surface area contributed by atoms with Crippen LogP contribution in [-0.2, 0) is 4.79 Å². The molecule has 2 heterocycles. The summed E-state index contributed by atoms with van der Waals surface area (Å²) < 4.78 is 0. The van der Waals surface area contributed by atoms with Crippen molar-refractivity contribution in [2.75, 3.05) is 4.90 Å². The molecule has 0 unspecified atom stereocenters. The Morgan fingerprint density at radius 2 is 1.62 bits per heavy atom. The van der Waals surface area contributed by atoms with Gasteiger partial charge in [-0.25, -0.2) is 0 Å². The van der Waals surface area contributed by atoms with Crippen LogP contribution >= 0.6 is 0 Å². The van der Waals surface area contributed by atoms with Gasteiger partial charge in [0, 0.05) is 0 Å². The largest absolute Gasteiger partial charge is 0.339 e. The molecule has 0 saturated heterocycles. The molecule has 2 spiro atoms. The maximum Gasteiger partial charge on any atom is 0.260 e. The minimum Gasteiger partial charge on any atom is -0.339 e. The lowest BCUT2D eigenvalue weighted by Crippen LogP contribution is -2.56. The Morgan fingerprint density at radius 1 is 0.958 bits per heavy atom. The van der Waals surface area contributed by atoms with E-state index in [-0.39, 0.29) is 11.8 Å². The Balaban J connectivity index is 1.75. The number of carbonyl (C=O) groups excluding carboxylic acids is 2. The standard InChI is InChI=1S/C19H21N3O2/c23-15-13-7-1-2-8-14(13)22-16(18(20-15)9-3-4-10-18)21-19(17(22)24)11-5-6-12-19/h1-2,7-8H,3-6,9-12H2,(H,20,23). The van der Waals surface area contributed by atoms with Crippen LogP contribution in [0.25, 0.3) is 0 Å². The molecule has 0 radical (unpaired) electrons. The average Bonchev–Trinajstić information content (AvgIpc) is 3.29. The molecule has 2 amide bonds. The van der Waals surface area contributed by atoms with Crippen molar-refractivity contribution in [2.45, 2.75) is 62.4 Å². The molecule has 2 aliphatic heterocycles. The molecule has 0 atom stereocenters. The third-order valence-electron chi connectivity index (χ3n) is 6.19. The number of benzene rings is 1. The lowest BCUT2D eigenvalue weighted by Gasteiger charge is -2.31. The number of nitrogens with one attached hydrogen (secondary N) is 1. The topological polar surface area (TPSA) is 61.8 Å². The van der Waals surface area contributed by atoms with E-state index in [1.807, 2.05) is 24.3 Å². The second kappa shape index (κ2) is 4.68. The third kappa shape index (κ3) is 1.67. The summed E-state index contributed by atoms with van der Waals surface area (Å²) in [6.07, 6.45) is 7.62. The zero-order valence-corrected chi connectivity index (χ0v) is 13.7. The summed E-state index contributed by atoms with van der Waals surface area (Å²) in [5, 5.41) is 3.25. The number of carbonyl (C=O) groups is 2. The SMILES string of the molecule is O=C1NC2(CCCC2)C2=NC3(CCCC3)C(=O)N2c2ccccc21. The van der Waals surface area contributed by atoms with Gasteiger partial charge in [0.1, 0.15) is 11.4 Å². The van der Waals surface area contributed by atoms with Crippen molar-refractivity contribution in [1.82, 2.24) is 5.32 Å². The zero-order chi connectivity index (χ0) is 16.4. The van der Waals surface area contributed by atoms with Crippen molar-refractivity contribution in [3.05, 3.63) is 29.8 Å². The summed E-state index contributed by atoms with van der Waals surface area (Å²) in [4.78, 5) is 33.0. The molecule has 1 aromatic carbocycles. The number of anilines is 1. The van der Waals surface area contributed by atoms with Crippen molar-refractivity contribution in [2.24, 2.45) is 4.99 Å². The van der Waals surface area contributed by atoms with Crippen molar-refractivity contribution in [3.63, 3.8) is 0 Å². The molecule has 124 valence electrons. The maximum atomic E-state index is 13.4. The monoisotopic (exact) mass is 323 g/mol. The predicted octanol–water partition coefficient (Wildman–Crippen LogP) is 2.80. The average molecular weight is 323 g/mol. The van der Waals surface area contributed by atoms with Gasteiger partial charge in [0.05, 0.1) is 16.8 Å². The Labute approximate surface area is 141 Å². The second-order valence-electron chi connectivity index (χ2n) is 7.58. The van der Waals surface area contributed by atoms with Crippen LogP contribution in [0.1, 0.15) is 61.7 Å². The number of nitrogens with zero attached hydrogens (tertiary/aromatic N) is 2. The molecule has 4 aliphatic rings. The molecule has 2 aliphatic carbocycles. The van der Waals surface area contributed by atoms with Crippen molar-refractivity contribution < 1.29 is 9.59 Å². The van der Waals surface area contributed by atoms with Crippen LogP contribution < -0.4 is 10.2 Å². The number of amides is 2. The molecular weight excluding hydrogens is 302 g/mol. The summed E-state index contributed by atoms with van der Waals surface area (Å²) in [5.74, 6) is 0.785.